The monoisotopic (exact) mass is 414 g/mol. The van der Waals surface area contributed by atoms with E-state index in [1.165, 1.54) is 0 Å². The minimum atomic E-state index is -0.477. The summed E-state index contributed by atoms with van der Waals surface area (Å²) in [6, 6.07) is 16.0. The summed E-state index contributed by atoms with van der Waals surface area (Å²) in [7, 11) is 0. The molecule has 0 atom stereocenters. The first-order valence-corrected chi connectivity index (χ1v) is 10.0. The Balaban J connectivity index is 1.88. The van der Waals surface area contributed by atoms with Gasteiger partial charge in [-0.15, -0.1) is 0 Å². The van der Waals surface area contributed by atoms with Gasteiger partial charge in [-0.25, -0.2) is 4.79 Å². The summed E-state index contributed by atoms with van der Waals surface area (Å²) in [6.07, 6.45) is 0.358. The van der Waals surface area contributed by atoms with E-state index in [1.807, 2.05) is 48.5 Å². The molecule has 0 fully saturated rings. The van der Waals surface area contributed by atoms with Crippen LogP contribution in [-0.2, 0) is 20.7 Å². The number of benzene rings is 3. The molecular weight excluding hydrogens is 388 g/mol. The van der Waals surface area contributed by atoms with E-state index in [9.17, 15) is 9.59 Å². The number of ether oxygens (including phenoxy) is 2. The normalized spacial score (nSPS) is 11.7. The summed E-state index contributed by atoms with van der Waals surface area (Å²) < 4.78 is 11.1. The van der Waals surface area contributed by atoms with Gasteiger partial charge in [-0.05, 0) is 72.5 Å². The van der Waals surface area contributed by atoms with Crippen LogP contribution in [0.5, 0.6) is 5.75 Å². The Labute approximate surface area is 182 Å². The maximum Gasteiger partial charge on any atom is 0.338 e. The maximum absolute atomic E-state index is 12.0. The van der Waals surface area contributed by atoms with Gasteiger partial charge >= 0.3 is 5.97 Å². The summed E-state index contributed by atoms with van der Waals surface area (Å²) in [4.78, 5) is 23.7. The quantitative estimate of drug-likeness (QED) is 0.193. The maximum atomic E-state index is 12.0. The van der Waals surface area contributed by atoms with Gasteiger partial charge in [-0.1, -0.05) is 49.6 Å². The van der Waals surface area contributed by atoms with Crippen molar-refractivity contribution in [1.82, 2.24) is 0 Å². The van der Waals surface area contributed by atoms with Crippen molar-refractivity contribution in [2.24, 2.45) is 0 Å². The van der Waals surface area contributed by atoms with Crippen LogP contribution in [0.4, 0.5) is 0 Å². The number of fused-ring (bicyclic) bond motifs is 3. The molecule has 0 aliphatic rings. The fourth-order valence-electron chi connectivity index (χ4n) is 3.16. The van der Waals surface area contributed by atoms with Crippen LogP contribution in [0, 0.1) is 0 Å². The highest BCUT2D eigenvalue weighted by Crippen LogP contribution is 2.30. The van der Waals surface area contributed by atoms with Gasteiger partial charge in [0.25, 0.3) is 0 Å². The lowest BCUT2D eigenvalue weighted by molar-refractivity contribution is -0.135. The van der Waals surface area contributed by atoms with Crippen molar-refractivity contribution >= 4 is 33.3 Å². The van der Waals surface area contributed by atoms with Crippen molar-refractivity contribution in [3.05, 3.63) is 89.9 Å². The summed E-state index contributed by atoms with van der Waals surface area (Å²) in [6.45, 7) is 14.1. The summed E-state index contributed by atoms with van der Waals surface area (Å²) in [5.41, 5.74) is 1.87. The third kappa shape index (κ3) is 5.10. The molecule has 0 amide bonds. The second kappa shape index (κ2) is 9.00. The molecule has 0 saturated heterocycles. The van der Waals surface area contributed by atoms with E-state index in [-0.39, 0.29) is 5.78 Å². The number of carbonyl (C=O) groups is 2. The molecule has 3 rings (SSSR count). The first-order valence-electron chi connectivity index (χ1n) is 10.0. The number of hydrogen-bond donors (Lipinski definition) is 0. The Morgan fingerprint density at radius 1 is 0.774 bits per heavy atom. The highest BCUT2D eigenvalue weighted by atomic mass is 16.6. The second-order valence-corrected chi connectivity index (χ2v) is 7.77. The number of allylic oxidation sites excluding steroid dienone is 3. The molecule has 0 N–H and O–H groups in total. The predicted octanol–water partition coefficient (Wildman–Crippen LogP) is 6.43. The van der Waals surface area contributed by atoms with Crippen LogP contribution in [-0.4, -0.2) is 11.8 Å². The smallest absolute Gasteiger partial charge is 0.338 e. The number of rotatable bonds is 7. The van der Waals surface area contributed by atoms with Crippen LogP contribution >= 0.6 is 0 Å². The molecule has 158 valence electrons. The molecule has 31 heavy (non-hydrogen) atoms. The van der Waals surface area contributed by atoms with E-state index < -0.39 is 5.97 Å². The Kier molecular flexibility index (Phi) is 6.40. The number of carbonyl (C=O) groups excluding carboxylic acids is 2. The zero-order valence-corrected chi connectivity index (χ0v) is 18.4. The largest absolute Gasteiger partial charge is 0.458 e. The molecule has 4 nitrogen and oxygen atoms in total. The molecule has 0 saturated carbocycles. The molecule has 0 aliphatic heterocycles. The molecule has 0 aliphatic carbocycles. The third-order valence-corrected chi connectivity index (χ3v) is 5.07. The topological polar surface area (TPSA) is 52.6 Å². The van der Waals surface area contributed by atoms with Crippen molar-refractivity contribution in [3.8, 4) is 5.75 Å². The Bertz CT molecular complexity index is 1260. The van der Waals surface area contributed by atoms with Gasteiger partial charge in [-0.3, -0.25) is 4.79 Å². The lowest BCUT2D eigenvalue weighted by atomic mass is 9.97. The minimum absolute atomic E-state index is 0.0505. The predicted molar refractivity (Wildman–Crippen MR) is 125 cm³/mol. The van der Waals surface area contributed by atoms with E-state index in [1.54, 1.807) is 27.7 Å². The van der Waals surface area contributed by atoms with Gasteiger partial charge in [0.1, 0.15) is 17.3 Å². The van der Waals surface area contributed by atoms with Crippen molar-refractivity contribution in [3.63, 3.8) is 0 Å². The van der Waals surface area contributed by atoms with E-state index in [4.69, 9.17) is 9.47 Å². The van der Waals surface area contributed by atoms with Crippen LogP contribution in [0.25, 0.3) is 21.5 Å². The van der Waals surface area contributed by atoms with Crippen LogP contribution in [0.3, 0.4) is 0 Å². The van der Waals surface area contributed by atoms with Gasteiger partial charge in [0.15, 0.2) is 5.78 Å². The van der Waals surface area contributed by atoms with Crippen molar-refractivity contribution < 1.29 is 19.1 Å². The van der Waals surface area contributed by atoms with Crippen LogP contribution < -0.4 is 4.74 Å². The van der Waals surface area contributed by atoms with Crippen LogP contribution in [0.2, 0.25) is 0 Å². The average Bonchev–Trinajstić information content (AvgIpc) is 2.72. The molecule has 0 bridgehead atoms. The Morgan fingerprint density at radius 3 is 2.00 bits per heavy atom. The van der Waals surface area contributed by atoms with E-state index in [0.29, 0.717) is 34.8 Å². The number of ketones is 1. The fraction of sp³-hybridized carbons (Fsp3) is 0.185. The van der Waals surface area contributed by atoms with Crippen molar-refractivity contribution in [2.75, 3.05) is 0 Å². The average molecular weight is 415 g/mol. The molecule has 3 aromatic carbocycles. The minimum Gasteiger partial charge on any atom is -0.458 e. The number of esters is 1. The fourth-order valence-corrected chi connectivity index (χ4v) is 3.16. The van der Waals surface area contributed by atoms with Gasteiger partial charge in [0, 0.05) is 12.0 Å². The van der Waals surface area contributed by atoms with Gasteiger partial charge in [-0.2, -0.15) is 0 Å². The lowest BCUT2D eigenvalue weighted by Crippen LogP contribution is -2.06. The standard InChI is InChI=1S/C27H26O4/c1-16(2)26(28)14-20-7-11-24-21(13-20)8-9-22-15-23(10-12-25(22)24)30-18(5)19(6)31-27(29)17(3)4/h7-13,15H,1,3,14H2,2,4-6H3. The van der Waals surface area contributed by atoms with Gasteiger partial charge < -0.3 is 9.47 Å². The molecule has 0 aromatic heterocycles. The lowest BCUT2D eigenvalue weighted by Gasteiger charge is -2.12. The zero-order chi connectivity index (χ0) is 22.7. The zero-order valence-electron chi connectivity index (χ0n) is 18.4. The molecule has 0 spiro atoms. The first-order chi connectivity index (χ1) is 14.7. The number of hydrogen-bond acceptors (Lipinski definition) is 4. The van der Waals surface area contributed by atoms with Gasteiger partial charge in [0.05, 0.1) is 0 Å². The molecular formula is C27H26O4. The summed E-state index contributed by atoms with van der Waals surface area (Å²) in [5, 5.41) is 4.30. The van der Waals surface area contributed by atoms with E-state index in [2.05, 4.69) is 13.2 Å². The molecule has 3 aromatic rings. The molecule has 0 radical (unpaired) electrons. The van der Waals surface area contributed by atoms with E-state index >= 15 is 0 Å². The summed E-state index contributed by atoms with van der Waals surface area (Å²) >= 11 is 0. The van der Waals surface area contributed by atoms with Crippen molar-refractivity contribution in [1.29, 1.82) is 0 Å². The molecule has 0 unspecified atom stereocenters. The highest BCUT2D eigenvalue weighted by Gasteiger charge is 2.10. The third-order valence-electron chi connectivity index (χ3n) is 5.07. The molecule has 0 heterocycles. The summed E-state index contributed by atoms with van der Waals surface area (Å²) in [5.74, 6) is 1.12. The second-order valence-electron chi connectivity index (χ2n) is 7.77. The SMILES string of the molecule is C=C(C)C(=O)Cc1ccc2c(ccc3cc(OC(C)=C(C)OC(=O)C(=C)C)ccc32)c1. The van der Waals surface area contributed by atoms with Crippen molar-refractivity contribution in [2.45, 2.75) is 34.1 Å². The Morgan fingerprint density at radius 2 is 1.39 bits per heavy atom. The highest BCUT2D eigenvalue weighted by molar-refractivity contribution is 6.08. The molecule has 4 heteroatoms. The van der Waals surface area contributed by atoms with Crippen LogP contribution in [0.1, 0.15) is 33.3 Å². The first kappa shape index (κ1) is 22.0. The van der Waals surface area contributed by atoms with Crippen LogP contribution in [0.15, 0.2) is 84.4 Å². The number of Topliss-reactive ketones (excluding diaryl/α,β-unsaturated/α-hetero) is 1. The Hall–Kier alpha value is -3.66. The van der Waals surface area contributed by atoms with Gasteiger partial charge in [0.2, 0.25) is 0 Å². The van der Waals surface area contributed by atoms with E-state index in [0.717, 1.165) is 27.1 Å².